The molecule has 2 N–H and O–H groups in total. The molecule has 108 valence electrons. The third-order valence-corrected chi connectivity index (χ3v) is 3.73. The standard InChI is InChI=1S/C15H11ClFNO2S/c16-12-5-4-11(9-13(12)17)18-15(20)14-10(6-8-21-14)3-1-2-7-19/h4-6,8-9,19H,2,7H2,(H,18,20). The Labute approximate surface area is 130 Å². The average molecular weight is 324 g/mol. The van der Waals surface area contributed by atoms with E-state index in [-0.39, 0.29) is 17.5 Å². The first kappa shape index (κ1) is 15.5. The van der Waals surface area contributed by atoms with Gasteiger partial charge in [-0.2, -0.15) is 0 Å². The van der Waals surface area contributed by atoms with Crippen molar-refractivity contribution in [2.24, 2.45) is 0 Å². The van der Waals surface area contributed by atoms with Gasteiger partial charge in [0.05, 0.1) is 11.6 Å². The van der Waals surface area contributed by atoms with Crippen LogP contribution in [0.3, 0.4) is 0 Å². The van der Waals surface area contributed by atoms with Gasteiger partial charge in [-0.05, 0) is 29.6 Å². The fourth-order valence-corrected chi connectivity index (χ4v) is 2.42. The Morgan fingerprint density at radius 3 is 2.95 bits per heavy atom. The summed E-state index contributed by atoms with van der Waals surface area (Å²) in [5.41, 5.74) is 0.907. The van der Waals surface area contributed by atoms with Crippen molar-refractivity contribution in [2.45, 2.75) is 6.42 Å². The first-order valence-electron chi connectivity index (χ1n) is 6.05. The molecule has 6 heteroatoms. The minimum Gasteiger partial charge on any atom is -0.395 e. The molecule has 1 amide bonds. The number of nitrogens with one attached hydrogen (secondary N) is 1. The molecule has 0 saturated carbocycles. The van der Waals surface area contributed by atoms with E-state index in [0.717, 1.165) is 6.07 Å². The summed E-state index contributed by atoms with van der Waals surface area (Å²) >= 11 is 6.83. The van der Waals surface area contributed by atoms with E-state index in [4.69, 9.17) is 16.7 Å². The van der Waals surface area contributed by atoms with Crippen molar-refractivity contribution in [2.75, 3.05) is 11.9 Å². The summed E-state index contributed by atoms with van der Waals surface area (Å²) in [6, 6.07) is 5.79. The number of hydrogen-bond acceptors (Lipinski definition) is 3. The molecule has 2 aromatic rings. The minimum absolute atomic E-state index is 0.000295. The van der Waals surface area contributed by atoms with E-state index in [1.54, 1.807) is 11.4 Å². The van der Waals surface area contributed by atoms with Gasteiger partial charge in [-0.25, -0.2) is 4.39 Å². The number of halogens is 2. The second kappa shape index (κ2) is 7.23. The topological polar surface area (TPSA) is 49.3 Å². The van der Waals surface area contributed by atoms with Crippen molar-refractivity contribution in [3.05, 3.63) is 50.9 Å². The molecule has 0 aliphatic heterocycles. The maximum Gasteiger partial charge on any atom is 0.267 e. The molecule has 2 rings (SSSR count). The molecule has 0 bridgehead atoms. The lowest BCUT2D eigenvalue weighted by Crippen LogP contribution is -2.11. The summed E-state index contributed by atoms with van der Waals surface area (Å²) in [4.78, 5) is 12.6. The largest absolute Gasteiger partial charge is 0.395 e. The van der Waals surface area contributed by atoms with Crippen molar-refractivity contribution < 1.29 is 14.3 Å². The fraction of sp³-hybridized carbons (Fsp3) is 0.133. The number of thiophene rings is 1. The predicted molar refractivity (Wildman–Crippen MR) is 82.3 cm³/mol. The van der Waals surface area contributed by atoms with Crippen LogP contribution in [0.5, 0.6) is 0 Å². The van der Waals surface area contributed by atoms with Gasteiger partial charge in [0, 0.05) is 17.7 Å². The Hall–Kier alpha value is -1.87. The minimum atomic E-state index is -0.594. The Bertz CT molecular complexity index is 718. The van der Waals surface area contributed by atoms with Crippen molar-refractivity contribution in [1.29, 1.82) is 0 Å². The Kier molecular flexibility index (Phi) is 5.34. The predicted octanol–water partition coefficient (Wildman–Crippen LogP) is 3.53. The molecule has 0 aliphatic carbocycles. The number of hydrogen-bond donors (Lipinski definition) is 2. The lowest BCUT2D eigenvalue weighted by molar-refractivity contribution is 0.103. The van der Waals surface area contributed by atoms with Crippen molar-refractivity contribution in [3.8, 4) is 11.8 Å². The molecule has 1 aromatic heterocycles. The summed E-state index contributed by atoms with van der Waals surface area (Å²) in [6.45, 7) is -0.0251. The lowest BCUT2D eigenvalue weighted by Gasteiger charge is -2.05. The highest BCUT2D eigenvalue weighted by Gasteiger charge is 2.13. The van der Waals surface area contributed by atoms with Gasteiger partial charge in [-0.1, -0.05) is 23.4 Å². The number of benzene rings is 1. The van der Waals surface area contributed by atoms with E-state index in [2.05, 4.69) is 17.2 Å². The molecule has 0 fully saturated rings. The molecule has 0 atom stereocenters. The number of carbonyl (C=O) groups is 1. The molecule has 1 aromatic carbocycles. The van der Waals surface area contributed by atoms with Crippen LogP contribution in [0.25, 0.3) is 0 Å². The number of aliphatic hydroxyl groups excluding tert-OH is 1. The van der Waals surface area contributed by atoms with Gasteiger partial charge in [0.1, 0.15) is 10.7 Å². The van der Waals surface area contributed by atoms with E-state index in [1.807, 2.05) is 0 Å². The summed E-state index contributed by atoms with van der Waals surface area (Å²) in [7, 11) is 0. The Morgan fingerprint density at radius 1 is 1.43 bits per heavy atom. The van der Waals surface area contributed by atoms with Crippen LogP contribution in [0.1, 0.15) is 21.7 Å². The molecule has 3 nitrogen and oxygen atoms in total. The third kappa shape index (κ3) is 4.05. The highest BCUT2D eigenvalue weighted by molar-refractivity contribution is 7.12. The highest BCUT2D eigenvalue weighted by Crippen LogP contribution is 2.21. The number of rotatable bonds is 3. The van der Waals surface area contributed by atoms with Gasteiger partial charge in [-0.15, -0.1) is 11.3 Å². The van der Waals surface area contributed by atoms with Crippen molar-refractivity contribution in [3.63, 3.8) is 0 Å². The Balaban J connectivity index is 2.16. The molecule has 0 aliphatic rings. The zero-order valence-electron chi connectivity index (χ0n) is 10.8. The molecule has 0 radical (unpaired) electrons. The first-order valence-corrected chi connectivity index (χ1v) is 7.31. The SMILES string of the molecule is O=C(Nc1ccc(Cl)c(F)c1)c1sccc1C#CCCO. The molecule has 21 heavy (non-hydrogen) atoms. The summed E-state index contributed by atoms with van der Waals surface area (Å²) in [5.74, 6) is 4.63. The second-order valence-electron chi connectivity index (χ2n) is 4.02. The number of amides is 1. The fourth-order valence-electron chi connectivity index (χ4n) is 1.56. The van der Waals surface area contributed by atoms with Crippen LogP contribution in [0.15, 0.2) is 29.6 Å². The van der Waals surface area contributed by atoms with Crippen LogP contribution >= 0.6 is 22.9 Å². The zero-order chi connectivity index (χ0) is 15.2. The highest BCUT2D eigenvalue weighted by atomic mass is 35.5. The molecular formula is C15H11ClFNO2S. The summed E-state index contributed by atoms with van der Waals surface area (Å²) < 4.78 is 13.3. The monoisotopic (exact) mass is 323 g/mol. The van der Waals surface area contributed by atoms with E-state index in [1.165, 1.54) is 23.5 Å². The number of aliphatic hydroxyl groups is 1. The van der Waals surface area contributed by atoms with Crippen LogP contribution in [0, 0.1) is 17.7 Å². The van der Waals surface area contributed by atoms with E-state index < -0.39 is 5.82 Å². The van der Waals surface area contributed by atoms with Gasteiger partial charge in [0.15, 0.2) is 0 Å². The smallest absolute Gasteiger partial charge is 0.267 e. The Morgan fingerprint density at radius 2 is 2.24 bits per heavy atom. The molecule has 0 saturated heterocycles. The zero-order valence-corrected chi connectivity index (χ0v) is 12.4. The van der Waals surface area contributed by atoms with Gasteiger partial charge in [0.2, 0.25) is 0 Å². The second-order valence-corrected chi connectivity index (χ2v) is 5.35. The summed E-state index contributed by atoms with van der Waals surface area (Å²) in [5, 5.41) is 13.0. The van der Waals surface area contributed by atoms with E-state index in [9.17, 15) is 9.18 Å². The van der Waals surface area contributed by atoms with Gasteiger partial charge < -0.3 is 10.4 Å². The summed E-state index contributed by atoms with van der Waals surface area (Å²) in [6.07, 6.45) is 0.347. The van der Waals surface area contributed by atoms with Crippen LogP contribution in [-0.4, -0.2) is 17.6 Å². The lowest BCUT2D eigenvalue weighted by atomic mass is 10.2. The van der Waals surface area contributed by atoms with E-state index >= 15 is 0 Å². The van der Waals surface area contributed by atoms with Crippen LogP contribution in [0.2, 0.25) is 5.02 Å². The van der Waals surface area contributed by atoms with Crippen LogP contribution < -0.4 is 5.32 Å². The molecule has 0 unspecified atom stereocenters. The van der Waals surface area contributed by atoms with Crippen LogP contribution in [-0.2, 0) is 0 Å². The van der Waals surface area contributed by atoms with E-state index in [0.29, 0.717) is 22.5 Å². The van der Waals surface area contributed by atoms with Gasteiger partial charge >= 0.3 is 0 Å². The molecular weight excluding hydrogens is 313 g/mol. The maximum absolute atomic E-state index is 13.3. The quantitative estimate of drug-likeness (QED) is 0.849. The third-order valence-electron chi connectivity index (χ3n) is 2.51. The van der Waals surface area contributed by atoms with Crippen molar-refractivity contribution in [1.82, 2.24) is 0 Å². The maximum atomic E-state index is 13.3. The van der Waals surface area contributed by atoms with Crippen molar-refractivity contribution >= 4 is 34.5 Å². The normalized spacial score (nSPS) is 9.86. The first-order chi connectivity index (χ1) is 10.1. The number of carbonyl (C=O) groups excluding carboxylic acids is 1. The van der Waals surface area contributed by atoms with Gasteiger partial charge in [0.25, 0.3) is 5.91 Å². The molecule has 0 spiro atoms. The average Bonchev–Trinajstić information content (AvgIpc) is 2.92. The van der Waals surface area contributed by atoms with Gasteiger partial charge in [-0.3, -0.25) is 4.79 Å². The molecule has 1 heterocycles. The van der Waals surface area contributed by atoms with Crippen LogP contribution in [0.4, 0.5) is 10.1 Å². The number of anilines is 1.